The van der Waals surface area contributed by atoms with Crippen molar-refractivity contribution in [2.45, 2.75) is 11.8 Å². The Hall–Kier alpha value is -2.33. The summed E-state index contributed by atoms with van der Waals surface area (Å²) in [5.41, 5.74) is 1.31. The number of nitriles is 1. The lowest BCUT2D eigenvalue weighted by molar-refractivity contribution is 0.594. The summed E-state index contributed by atoms with van der Waals surface area (Å²) >= 11 is 0. The van der Waals surface area contributed by atoms with Gasteiger partial charge in [0.2, 0.25) is 0 Å². The first-order valence-electron chi connectivity index (χ1n) is 5.46. The van der Waals surface area contributed by atoms with Crippen LogP contribution in [0.4, 0.5) is 5.69 Å². The first-order chi connectivity index (χ1) is 8.96. The third-order valence-electron chi connectivity index (χ3n) is 2.76. The lowest BCUT2D eigenvalue weighted by Gasteiger charge is -2.19. The molecular formula is C12H12N4O2S. The van der Waals surface area contributed by atoms with Crippen LogP contribution in [0, 0.1) is 18.3 Å². The molecule has 0 atom stereocenters. The third-order valence-corrected chi connectivity index (χ3v) is 4.66. The highest BCUT2D eigenvalue weighted by molar-refractivity contribution is 7.92. The van der Waals surface area contributed by atoms with Crippen LogP contribution < -0.4 is 4.31 Å². The van der Waals surface area contributed by atoms with Gasteiger partial charge in [-0.05, 0) is 25.1 Å². The van der Waals surface area contributed by atoms with Gasteiger partial charge in [0.05, 0.1) is 29.2 Å². The molecule has 0 amide bonds. The predicted octanol–water partition coefficient (Wildman–Crippen LogP) is 1.41. The highest BCUT2D eigenvalue weighted by Crippen LogP contribution is 2.23. The lowest BCUT2D eigenvalue weighted by Crippen LogP contribution is -2.26. The van der Waals surface area contributed by atoms with Crippen molar-refractivity contribution in [3.8, 4) is 6.07 Å². The van der Waals surface area contributed by atoms with Gasteiger partial charge in [-0.15, -0.1) is 0 Å². The first-order valence-corrected chi connectivity index (χ1v) is 6.90. The predicted molar refractivity (Wildman–Crippen MR) is 70.1 cm³/mol. The Morgan fingerprint density at radius 2 is 2.16 bits per heavy atom. The maximum Gasteiger partial charge on any atom is 0.267 e. The minimum absolute atomic E-state index is 0.123. The van der Waals surface area contributed by atoms with Crippen molar-refractivity contribution in [1.82, 2.24) is 10.2 Å². The van der Waals surface area contributed by atoms with Gasteiger partial charge in [0.15, 0.2) is 0 Å². The van der Waals surface area contributed by atoms with E-state index in [9.17, 15) is 8.42 Å². The van der Waals surface area contributed by atoms with E-state index in [0.29, 0.717) is 16.9 Å². The Kier molecular flexibility index (Phi) is 3.27. The summed E-state index contributed by atoms with van der Waals surface area (Å²) in [7, 11) is -2.23. The van der Waals surface area contributed by atoms with Crippen LogP contribution in [-0.4, -0.2) is 25.7 Å². The Bertz CT molecular complexity index is 743. The third kappa shape index (κ3) is 2.30. The van der Waals surface area contributed by atoms with Crippen LogP contribution in [0.15, 0.2) is 35.4 Å². The summed E-state index contributed by atoms with van der Waals surface area (Å²) < 4.78 is 25.9. The van der Waals surface area contributed by atoms with Gasteiger partial charge in [-0.3, -0.25) is 9.40 Å². The molecule has 7 heteroatoms. The Balaban J connectivity index is 2.47. The molecule has 0 aliphatic heterocycles. The van der Waals surface area contributed by atoms with Crippen molar-refractivity contribution in [3.05, 3.63) is 41.7 Å². The number of aryl methyl sites for hydroxylation is 1. The van der Waals surface area contributed by atoms with E-state index in [-0.39, 0.29) is 4.90 Å². The van der Waals surface area contributed by atoms with Gasteiger partial charge in [-0.1, -0.05) is 6.07 Å². The smallest absolute Gasteiger partial charge is 0.267 e. The molecule has 1 N–H and O–H groups in total. The standard InChI is InChI=1S/C12H12N4O2S/c1-9-12(8-14-15-9)19(17,18)16(2)11-5-3-4-10(6-11)7-13/h3-6,8H,1-2H3,(H,14,15). The van der Waals surface area contributed by atoms with Gasteiger partial charge in [0.25, 0.3) is 10.0 Å². The maximum atomic E-state index is 12.4. The lowest BCUT2D eigenvalue weighted by atomic mass is 10.2. The van der Waals surface area contributed by atoms with E-state index in [4.69, 9.17) is 5.26 Å². The molecule has 0 unspecified atom stereocenters. The van der Waals surface area contributed by atoms with Crippen LogP contribution in [0.25, 0.3) is 0 Å². The van der Waals surface area contributed by atoms with Gasteiger partial charge in [0, 0.05) is 7.05 Å². The van der Waals surface area contributed by atoms with Crippen molar-refractivity contribution in [3.63, 3.8) is 0 Å². The SMILES string of the molecule is Cc1[nH]ncc1S(=O)(=O)N(C)c1cccc(C#N)c1. The molecule has 19 heavy (non-hydrogen) atoms. The van der Waals surface area contributed by atoms with E-state index >= 15 is 0 Å². The monoisotopic (exact) mass is 276 g/mol. The fourth-order valence-corrected chi connectivity index (χ4v) is 2.96. The number of nitrogens with one attached hydrogen (secondary N) is 1. The van der Waals surface area contributed by atoms with Gasteiger partial charge >= 0.3 is 0 Å². The van der Waals surface area contributed by atoms with Gasteiger partial charge in [0.1, 0.15) is 4.90 Å². The molecule has 1 aromatic carbocycles. The molecule has 6 nitrogen and oxygen atoms in total. The number of hydrogen-bond donors (Lipinski definition) is 1. The second kappa shape index (κ2) is 4.74. The minimum Gasteiger partial charge on any atom is -0.281 e. The number of benzene rings is 1. The largest absolute Gasteiger partial charge is 0.281 e. The van der Waals surface area contributed by atoms with Crippen LogP contribution in [0.5, 0.6) is 0 Å². The van der Waals surface area contributed by atoms with E-state index in [2.05, 4.69) is 10.2 Å². The average Bonchev–Trinajstić information content (AvgIpc) is 2.85. The minimum atomic E-state index is -3.67. The van der Waals surface area contributed by atoms with E-state index in [0.717, 1.165) is 4.31 Å². The summed E-state index contributed by atoms with van der Waals surface area (Å²) in [5, 5.41) is 15.2. The normalized spacial score (nSPS) is 11.0. The number of sulfonamides is 1. The van der Waals surface area contributed by atoms with E-state index < -0.39 is 10.0 Å². The van der Waals surface area contributed by atoms with Crippen LogP contribution in [0.2, 0.25) is 0 Å². The van der Waals surface area contributed by atoms with Gasteiger partial charge in [-0.25, -0.2) is 8.42 Å². The van der Waals surface area contributed by atoms with Crippen LogP contribution in [0.1, 0.15) is 11.3 Å². The highest BCUT2D eigenvalue weighted by Gasteiger charge is 2.24. The number of anilines is 1. The number of rotatable bonds is 3. The number of hydrogen-bond acceptors (Lipinski definition) is 4. The highest BCUT2D eigenvalue weighted by atomic mass is 32.2. The zero-order valence-corrected chi connectivity index (χ0v) is 11.3. The second-order valence-electron chi connectivity index (χ2n) is 3.99. The summed E-state index contributed by atoms with van der Waals surface area (Å²) in [6.45, 7) is 1.64. The number of aromatic nitrogens is 2. The van der Waals surface area contributed by atoms with Crippen LogP contribution in [-0.2, 0) is 10.0 Å². The zero-order valence-electron chi connectivity index (χ0n) is 10.5. The van der Waals surface area contributed by atoms with E-state index in [1.54, 1.807) is 25.1 Å². The molecule has 0 radical (unpaired) electrons. The summed E-state index contributed by atoms with van der Waals surface area (Å²) in [6.07, 6.45) is 1.27. The Morgan fingerprint density at radius 1 is 1.42 bits per heavy atom. The number of nitrogens with zero attached hydrogens (tertiary/aromatic N) is 3. The second-order valence-corrected chi connectivity index (χ2v) is 5.93. The summed E-state index contributed by atoms with van der Waals surface area (Å²) in [5.74, 6) is 0. The molecule has 0 bridgehead atoms. The summed E-state index contributed by atoms with van der Waals surface area (Å²) in [4.78, 5) is 0.123. The van der Waals surface area contributed by atoms with Gasteiger partial charge < -0.3 is 0 Å². The number of aromatic amines is 1. The average molecular weight is 276 g/mol. The van der Waals surface area contributed by atoms with Crippen molar-refractivity contribution < 1.29 is 8.42 Å². The fourth-order valence-electron chi connectivity index (χ4n) is 1.66. The van der Waals surface area contributed by atoms with E-state index in [1.165, 1.54) is 19.3 Å². The topological polar surface area (TPSA) is 89.8 Å². The van der Waals surface area contributed by atoms with Crippen molar-refractivity contribution in [2.24, 2.45) is 0 Å². The molecule has 0 aliphatic rings. The van der Waals surface area contributed by atoms with Gasteiger partial charge in [-0.2, -0.15) is 10.4 Å². The molecule has 0 saturated carbocycles. The molecule has 2 aromatic rings. The van der Waals surface area contributed by atoms with Crippen molar-refractivity contribution in [1.29, 1.82) is 5.26 Å². The molecule has 98 valence electrons. The molecule has 1 aromatic heterocycles. The van der Waals surface area contributed by atoms with E-state index in [1.807, 2.05) is 6.07 Å². The molecule has 0 spiro atoms. The van der Waals surface area contributed by atoms with Crippen molar-refractivity contribution in [2.75, 3.05) is 11.4 Å². The Labute approximate surface area is 111 Å². The Morgan fingerprint density at radius 3 is 2.74 bits per heavy atom. The van der Waals surface area contributed by atoms with Crippen molar-refractivity contribution >= 4 is 15.7 Å². The zero-order chi connectivity index (χ0) is 14.0. The molecule has 1 heterocycles. The molecule has 0 aliphatic carbocycles. The fraction of sp³-hybridized carbons (Fsp3) is 0.167. The molecule has 2 rings (SSSR count). The first kappa shape index (κ1) is 13.1. The summed E-state index contributed by atoms with van der Waals surface area (Å²) in [6, 6.07) is 8.39. The van der Waals surface area contributed by atoms with Crippen LogP contribution in [0.3, 0.4) is 0 Å². The number of H-pyrrole nitrogens is 1. The maximum absolute atomic E-state index is 12.4. The molecule has 0 saturated heterocycles. The quantitative estimate of drug-likeness (QED) is 0.917. The molecular weight excluding hydrogens is 264 g/mol. The molecule has 0 fully saturated rings. The van der Waals surface area contributed by atoms with Crippen LogP contribution >= 0.6 is 0 Å².